The van der Waals surface area contributed by atoms with E-state index in [4.69, 9.17) is 9.47 Å². The van der Waals surface area contributed by atoms with Crippen molar-refractivity contribution < 1.29 is 28.7 Å². The van der Waals surface area contributed by atoms with Gasteiger partial charge in [0.2, 0.25) is 11.8 Å². The van der Waals surface area contributed by atoms with Crippen molar-refractivity contribution in [1.82, 2.24) is 40.4 Å². The number of nitrogens with zero attached hydrogens (tertiary/aromatic N) is 4. The quantitative estimate of drug-likeness (QED) is 0.161. The highest BCUT2D eigenvalue weighted by Gasteiger charge is 2.39. The summed E-state index contributed by atoms with van der Waals surface area (Å²) < 4.78 is 11.7. The van der Waals surface area contributed by atoms with Crippen molar-refractivity contribution in [3.8, 4) is 22.4 Å². The van der Waals surface area contributed by atoms with Crippen LogP contribution in [0.2, 0.25) is 0 Å². The number of hydrogen-bond donors (Lipinski definition) is 4. The van der Waals surface area contributed by atoms with E-state index in [9.17, 15) is 19.2 Å². The number of thiophene rings is 2. The summed E-state index contributed by atoms with van der Waals surface area (Å²) in [6, 6.07) is 2.39. The maximum atomic E-state index is 13.5. The molecule has 4 aromatic rings. The molecule has 2 fully saturated rings. The van der Waals surface area contributed by atoms with E-state index in [0.717, 1.165) is 56.4 Å². The van der Waals surface area contributed by atoms with E-state index in [-0.39, 0.29) is 35.7 Å². The van der Waals surface area contributed by atoms with Crippen LogP contribution in [-0.4, -0.2) is 93.1 Å². The summed E-state index contributed by atoms with van der Waals surface area (Å²) in [5.74, 6) is 7.34. The zero-order valence-corrected chi connectivity index (χ0v) is 31.7. The van der Waals surface area contributed by atoms with Crippen molar-refractivity contribution in [3.05, 3.63) is 46.7 Å². The van der Waals surface area contributed by atoms with Gasteiger partial charge in [0.25, 0.3) is 0 Å². The first-order valence-electron chi connectivity index (χ1n) is 17.4. The van der Waals surface area contributed by atoms with Crippen LogP contribution in [0.15, 0.2) is 24.5 Å². The number of imidazole rings is 2. The summed E-state index contributed by atoms with van der Waals surface area (Å²) in [5.41, 5.74) is 1.54. The van der Waals surface area contributed by atoms with Crippen LogP contribution in [-0.2, 0) is 19.1 Å². The molecule has 4 aromatic heterocycles. The fraction of sp³-hybridized carbons (Fsp3) is 0.500. The number of methoxy groups -OCH3 is 2. The molecule has 276 valence electrons. The Labute approximate surface area is 310 Å². The summed E-state index contributed by atoms with van der Waals surface area (Å²) in [6.07, 6.45) is 5.48. The lowest BCUT2D eigenvalue weighted by Crippen LogP contribution is -2.51. The summed E-state index contributed by atoms with van der Waals surface area (Å²) in [7, 11) is 2.57. The molecule has 6 heterocycles. The minimum atomic E-state index is -0.694. The molecule has 2 aliphatic heterocycles. The van der Waals surface area contributed by atoms with Crippen LogP contribution in [0.3, 0.4) is 0 Å². The monoisotopic (exact) mass is 748 g/mol. The van der Waals surface area contributed by atoms with Crippen molar-refractivity contribution in [2.24, 2.45) is 11.8 Å². The molecule has 0 aliphatic carbocycles. The molecule has 0 aromatic carbocycles. The van der Waals surface area contributed by atoms with Gasteiger partial charge in [-0.25, -0.2) is 19.6 Å². The number of H-pyrrole nitrogens is 2. The molecular weight excluding hydrogens is 705 g/mol. The minimum absolute atomic E-state index is 0.104. The first-order valence-corrected chi connectivity index (χ1v) is 19.1. The van der Waals surface area contributed by atoms with E-state index in [1.807, 2.05) is 33.9 Å². The summed E-state index contributed by atoms with van der Waals surface area (Å²) in [6.45, 7) is 8.75. The number of alkyl carbamates (subject to hydrolysis) is 2. The van der Waals surface area contributed by atoms with Gasteiger partial charge in [-0.3, -0.25) is 9.59 Å². The van der Waals surface area contributed by atoms with Gasteiger partial charge in [-0.05, 0) is 61.5 Å². The lowest BCUT2D eigenvalue weighted by Gasteiger charge is -2.30. The highest BCUT2D eigenvalue weighted by molar-refractivity contribution is 7.29. The Morgan fingerprint density at radius 3 is 1.87 bits per heavy atom. The second-order valence-corrected chi connectivity index (χ2v) is 15.8. The smallest absolute Gasteiger partial charge is 0.407 e. The second kappa shape index (κ2) is 15.8. The lowest BCUT2D eigenvalue weighted by atomic mass is 10.0. The average molecular weight is 749 g/mol. The Hall–Kier alpha value is -4.88. The van der Waals surface area contributed by atoms with Crippen molar-refractivity contribution in [3.63, 3.8) is 0 Å². The predicted molar refractivity (Wildman–Crippen MR) is 198 cm³/mol. The van der Waals surface area contributed by atoms with E-state index in [1.54, 1.807) is 38.7 Å². The number of ether oxygens (including phenoxy) is 2. The topological polar surface area (TPSA) is 175 Å². The molecule has 16 heteroatoms. The fourth-order valence-electron chi connectivity index (χ4n) is 6.75. The van der Waals surface area contributed by atoms with Crippen LogP contribution in [0.25, 0.3) is 20.0 Å². The van der Waals surface area contributed by atoms with Crippen molar-refractivity contribution in [2.75, 3.05) is 27.3 Å². The van der Waals surface area contributed by atoms with Gasteiger partial charge in [0, 0.05) is 22.5 Å². The number of nitrogens with one attached hydrogen (secondary N) is 4. The molecule has 4 amide bonds. The van der Waals surface area contributed by atoms with Gasteiger partial charge in [-0.1, -0.05) is 27.7 Å². The molecule has 0 bridgehead atoms. The van der Waals surface area contributed by atoms with Gasteiger partial charge in [-0.15, -0.1) is 22.7 Å². The normalized spacial score (nSPS) is 18.4. The van der Waals surface area contributed by atoms with Gasteiger partial charge in [-0.2, -0.15) is 0 Å². The SMILES string of the molecule is COC(=O)N[C@H](C(=O)N1CCCC1c1ncc(-c2cc3sc(C#Cc4cnc([C@@H]5CCCN5C(=O)[C@@H](NC(=O)OC)C(C)C)[nH]4)cc3s2)[nH]1)C(C)C. The van der Waals surface area contributed by atoms with Crippen LogP contribution in [0.5, 0.6) is 0 Å². The Bertz CT molecular complexity index is 1970. The molecule has 0 spiro atoms. The maximum absolute atomic E-state index is 13.5. The molecule has 2 aliphatic rings. The first kappa shape index (κ1) is 36.9. The van der Waals surface area contributed by atoms with Gasteiger partial charge in [0.15, 0.2) is 0 Å². The highest BCUT2D eigenvalue weighted by atomic mass is 32.1. The van der Waals surface area contributed by atoms with Crippen molar-refractivity contribution >= 4 is 56.1 Å². The molecule has 4 N–H and O–H groups in total. The molecule has 6 rings (SSSR count). The van der Waals surface area contributed by atoms with Crippen LogP contribution in [0, 0.1) is 23.7 Å². The molecule has 2 saturated heterocycles. The Morgan fingerprint density at radius 2 is 1.33 bits per heavy atom. The average Bonchev–Trinajstić information content (AvgIpc) is 3.96. The van der Waals surface area contributed by atoms with E-state index >= 15 is 0 Å². The number of fused-ring (bicyclic) bond motifs is 1. The maximum Gasteiger partial charge on any atom is 0.407 e. The minimum Gasteiger partial charge on any atom is -0.453 e. The molecule has 0 radical (unpaired) electrons. The third-order valence-electron chi connectivity index (χ3n) is 9.47. The number of carbonyl (C=O) groups is 4. The third-order valence-corrected chi connectivity index (χ3v) is 11.7. The Kier molecular flexibility index (Phi) is 11.2. The number of aromatic amines is 2. The van der Waals surface area contributed by atoms with Gasteiger partial charge in [0.1, 0.15) is 29.4 Å². The summed E-state index contributed by atoms with van der Waals surface area (Å²) in [5, 5.41) is 5.36. The van der Waals surface area contributed by atoms with Crippen LogP contribution < -0.4 is 10.6 Å². The lowest BCUT2D eigenvalue weighted by molar-refractivity contribution is -0.136. The number of hydrogen-bond acceptors (Lipinski definition) is 10. The fourth-order valence-corrected chi connectivity index (χ4v) is 8.96. The van der Waals surface area contributed by atoms with E-state index in [0.29, 0.717) is 24.6 Å². The summed E-state index contributed by atoms with van der Waals surface area (Å²) >= 11 is 3.25. The molecule has 0 saturated carbocycles. The number of rotatable bonds is 9. The molecule has 4 atom stereocenters. The zero-order valence-electron chi connectivity index (χ0n) is 30.1. The predicted octanol–water partition coefficient (Wildman–Crippen LogP) is 5.56. The number of aromatic nitrogens is 4. The van der Waals surface area contributed by atoms with Crippen LogP contribution in [0.1, 0.15) is 87.7 Å². The highest BCUT2D eigenvalue weighted by Crippen LogP contribution is 2.39. The zero-order chi connectivity index (χ0) is 37.1. The standard InChI is InChI=1S/C36H44N8O6S2/c1-19(2)29(41-35(47)49-5)33(45)43-13-7-9-24(43)31-37-17-21(39-31)11-12-22-15-27-28(51-22)16-26(52-27)23-18-38-32(40-23)25-10-8-14-44(25)34(46)30(20(3)4)42-36(48)50-6/h15-20,24-25,29-30H,7-10,13-14H2,1-6H3,(H,37,39)(H,38,40)(H,41,47)(H,42,48)/t24-,25?,29-,30-/m0/s1. The van der Waals surface area contributed by atoms with Crippen molar-refractivity contribution in [1.29, 1.82) is 0 Å². The summed E-state index contributed by atoms with van der Waals surface area (Å²) in [4.78, 5) is 72.3. The van der Waals surface area contributed by atoms with E-state index < -0.39 is 24.3 Å². The third kappa shape index (κ3) is 7.80. The Balaban J connectivity index is 1.12. The first-order chi connectivity index (χ1) is 25.0. The molecule has 1 unspecified atom stereocenters. The van der Waals surface area contributed by atoms with Gasteiger partial charge >= 0.3 is 12.2 Å². The molecule has 52 heavy (non-hydrogen) atoms. The van der Waals surface area contributed by atoms with E-state index in [1.165, 1.54) is 14.2 Å². The number of carbonyl (C=O) groups excluding carboxylic acids is 4. The van der Waals surface area contributed by atoms with Crippen molar-refractivity contribution in [2.45, 2.75) is 77.5 Å². The largest absolute Gasteiger partial charge is 0.453 e. The number of likely N-dealkylation sites (tertiary alicyclic amines) is 2. The Morgan fingerprint density at radius 1 is 0.788 bits per heavy atom. The van der Waals surface area contributed by atoms with Gasteiger partial charge in [0.05, 0.1) is 54.1 Å². The van der Waals surface area contributed by atoms with E-state index in [2.05, 4.69) is 54.5 Å². The van der Waals surface area contributed by atoms with Crippen LogP contribution in [0.4, 0.5) is 9.59 Å². The molecule has 14 nitrogen and oxygen atoms in total. The van der Waals surface area contributed by atoms with Gasteiger partial charge < -0.3 is 39.9 Å². The molecular formula is C36H44N8O6S2. The second-order valence-electron chi connectivity index (χ2n) is 13.7. The number of amides is 4. The van der Waals surface area contributed by atoms with Crippen LogP contribution >= 0.6 is 22.7 Å².